The number of rotatable bonds is 4. The highest BCUT2D eigenvalue weighted by Gasteiger charge is 2.33. The molecular formula is C18H27NO4. The van der Waals surface area contributed by atoms with Crippen LogP contribution in [-0.4, -0.2) is 48.0 Å². The molecular weight excluding hydrogens is 294 g/mol. The summed E-state index contributed by atoms with van der Waals surface area (Å²) in [6.07, 6.45) is 0.509. The van der Waals surface area contributed by atoms with Gasteiger partial charge in [0.15, 0.2) is 0 Å². The molecule has 1 aliphatic heterocycles. The predicted octanol–water partition coefficient (Wildman–Crippen LogP) is 2.86. The smallest absolute Gasteiger partial charge is 0.410 e. The molecule has 23 heavy (non-hydrogen) atoms. The van der Waals surface area contributed by atoms with E-state index in [4.69, 9.17) is 9.47 Å². The summed E-state index contributed by atoms with van der Waals surface area (Å²) in [5.41, 5.74) is 0.490. The quantitative estimate of drug-likeness (QED) is 0.926. The van der Waals surface area contributed by atoms with Gasteiger partial charge in [-0.15, -0.1) is 0 Å². The Morgan fingerprint density at radius 1 is 1.39 bits per heavy atom. The Hall–Kier alpha value is -1.75. The Balaban J connectivity index is 1.92. The molecule has 0 bridgehead atoms. The van der Waals surface area contributed by atoms with Crippen LogP contribution in [0, 0.1) is 5.92 Å². The first-order valence-electron chi connectivity index (χ1n) is 8.08. The first kappa shape index (κ1) is 17.6. The van der Waals surface area contributed by atoms with Gasteiger partial charge in [0.2, 0.25) is 0 Å². The number of methoxy groups -OCH3 is 1. The van der Waals surface area contributed by atoms with Crippen LogP contribution in [0.4, 0.5) is 4.79 Å². The maximum Gasteiger partial charge on any atom is 0.410 e. The van der Waals surface area contributed by atoms with E-state index in [1.165, 1.54) is 0 Å². The van der Waals surface area contributed by atoms with Crippen molar-refractivity contribution in [2.75, 3.05) is 20.2 Å². The summed E-state index contributed by atoms with van der Waals surface area (Å²) >= 11 is 0. The molecule has 1 amide bonds. The zero-order valence-electron chi connectivity index (χ0n) is 14.4. The van der Waals surface area contributed by atoms with Crippen LogP contribution in [-0.2, 0) is 11.2 Å². The predicted molar refractivity (Wildman–Crippen MR) is 88.6 cm³/mol. The number of hydrogen-bond donors (Lipinski definition) is 1. The number of aliphatic hydroxyl groups is 1. The van der Waals surface area contributed by atoms with Gasteiger partial charge in [-0.1, -0.05) is 18.2 Å². The van der Waals surface area contributed by atoms with Crippen LogP contribution in [0.1, 0.15) is 32.8 Å². The van der Waals surface area contributed by atoms with Crippen LogP contribution in [0.25, 0.3) is 0 Å². The van der Waals surface area contributed by atoms with Crippen molar-refractivity contribution in [1.82, 2.24) is 4.90 Å². The van der Waals surface area contributed by atoms with Crippen LogP contribution < -0.4 is 4.74 Å². The summed E-state index contributed by atoms with van der Waals surface area (Å²) in [5.74, 6) is 0.848. The number of carbonyl (C=O) groups is 1. The molecule has 128 valence electrons. The Morgan fingerprint density at radius 2 is 2.09 bits per heavy atom. The fourth-order valence-electron chi connectivity index (χ4n) is 2.86. The van der Waals surface area contributed by atoms with E-state index in [-0.39, 0.29) is 12.0 Å². The summed E-state index contributed by atoms with van der Waals surface area (Å²) in [5, 5.41) is 10.5. The van der Waals surface area contributed by atoms with Crippen molar-refractivity contribution in [1.29, 1.82) is 0 Å². The van der Waals surface area contributed by atoms with E-state index in [9.17, 15) is 9.90 Å². The Morgan fingerprint density at radius 3 is 2.74 bits per heavy atom. The largest absolute Gasteiger partial charge is 0.496 e. The van der Waals surface area contributed by atoms with Crippen LogP contribution in [0.3, 0.4) is 0 Å². The molecule has 5 nitrogen and oxygen atoms in total. The van der Waals surface area contributed by atoms with E-state index in [2.05, 4.69) is 0 Å². The van der Waals surface area contributed by atoms with Crippen molar-refractivity contribution >= 4 is 6.09 Å². The minimum absolute atomic E-state index is 0.0624. The summed E-state index contributed by atoms with van der Waals surface area (Å²) in [7, 11) is 1.63. The average Bonchev–Trinajstić information content (AvgIpc) is 2.96. The van der Waals surface area contributed by atoms with Crippen LogP contribution >= 0.6 is 0 Å². The van der Waals surface area contributed by atoms with Gasteiger partial charge in [-0.3, -0.25) is 0 Å². The van der Waals surface area contributed by atoms with Gasteiger partial charge in [-0.05, 0) is 38.8 Å². The standard InChI is InChI=1S/C18H27NO4/c1-18(2,3)23-17(21)19-10-9-14(12-19)15(20)11-13-7-5-6-8-16(13)22-4/h5-8,14-15,20H,9-12H2,1-4H3. The summed E-state index contributed by atoms with van der Waals surface area (Å²) in [4.78, 5) is 13.8. The van der Waals surface area contributed by atoms with Gasteiger partial charge < -0.3 is 19.5 Å². The molecule has 1 aromatic carbocycles. The molecule has 2 unspecified atom stereocenters. The molecule has 1 saturated heterocycles. The van der Waals surface area contributed by atoms with Crippen LogP contribution in [0.2, 0.25) is 0 Å². The minimum atomic E-state index is -0.501. The summed E-state index contributed by atoms with van der Waals surface area (Å²) in [6.45, 7) is 6.73. The minimum Gasteiger partial charge on any atom is -0.496 e. The third kappa shape index (κ3) is 4.86. The van der Waals surface area contributed by atoms with Gasteiger partial charge >= 0.3 is 6.09 Å². The first-order valence-corrected chi connectivity index (χ1v) is 8.08. The third-order valence-electron chi connectivity index (χ3n) is 4.04. The second-order valence-corrected chi connectivity index (χ2v) is 7.06. The number of aliphatic hydroxyl groups excluding tert-OH is 1. The molecule has 1 fully saturated rings. The number of likely N-dealkylation sites (tertiary alicyclic amines) is 1. The lowest BCUT2D eigenvalue weighted by Crippen LogP contribution is -2.36. The number of benzene rings is 1. The average molecular weight is 321 g/mol. The molecule has 1 heterocycles. The molecule has 0 radical (unpaired) electrons. The van der Waals surface area contributed by atoms with Crippen molar-refractivity contribution in [2.45, 2.75) is 45.3 Å². The number of para-hydroxylation sites is 1. The number of hydrogen-bond acceptors (Lipinski definition) is 4. The highest BCUT2D eigenvalue weighted by Crippen LogP contribution is 2.26. The second kappa shape index (κ2) is 7.21. The number of amides is 1. The zero-order valence-corrected chi connectivity index (χ0v) is 14.4. The number of nitrogens with zero attached hydrogens (tertiary/aromatic N) is 1. The van der Waals surface area contributed by atoms with Crippen molar-refractivity contribution in [3.8, 4) is 5.75 Å². The number of ether oxygens (including phenoxy) is 2. The lowest BCUT2D eigenvalue weighted by molar-refractivity contribution is 0.0269. The van der Waals surface area contributed by atoms with Crippen LogP contribution in [0.15, 0.2) is 24.3 Å². The topological polar surface area (TPSA) is 59.0 Å². The monoisotopic (exact) mass is 321 g/mol. The zero-order chi connectivity index (χ0) is 17.0. The maximum atomic E-state index is 12.1. The highest BCUT2D eigenvalue weighted by atomic mass is 16.6. The van der Waals surface area contributed by atoms with E-state index >= 15 is 0 Å². The molecule has 2 rings (SSSR count). The van der Waals surface area contributed by atoms with E-state index in [0.717, 1.165) is 17.7 Å². The van der Waals surface area contributed by atoms with E-state index in [1.54, 1.807) is 12.0 Å². The van der Waals surface area contributed by atoms with Crippen LogP contribution in [0.5, 0.6) is 5.75 Å². The van der Waals surface area contributed by atoms with Gasteiger partial charge in [0.1, 0.15) is 11.4 Å². The van der Waals surface area contributed by atoms with Crippen molar-refractivity contribution in [2.24, 2.45) is 5.92 Å². The highest BCUT2D eigenvalue weighted by molar-refractivity contribution is 5.68. The van der Waals surface area contributed by atoms with Gasteiger partial charge in [0, 0.05) is 25.4 Å². The van der Waals surface area contributed by atoms with Gasteiger partial charge in [-0.2, -0.15) is 0 Å². The second-order valence-electron chi connectivity index (χ2n) is 7.06. The molecule has 0 saturated carbocycles. The lowest BCUT2D eigenvalue weighted by atomic mass is 9.95. The van der Waals surface area contributed by atoms with Crippen molar-refractivity contribution in [3.63, 3.8) is 0 Å². The fourth-order valence-corrected chi connectivity index (χ4v) is 2.86. The molecule has 1 aromatic rings. The Bertz CT molecular complexity index is 538. The van der Waals surface area contributed by atoms with E-state index in [1.807, 2.05) is 45.0 Å². The Labute approximate surface area is 138 Å². The van der Waals surface area contributed by atoms with Gasteiger partial charge in [0.05, 0.1) is 13.2 Å². The SMILES string of the molecule is COc1ccccc1CC(O)C1CCN(C(=O)OC(C)(C)C)C1. The first-order chi connectivity index (χ1) is 10.8. The lowest BCUT2D eigenvalue weighted by Gasteiger charge is -2.25. The fraction of sp³-hybridized carbons (Fsp3) is 0.611. The molecule has 0 aliphatic carbocycles. The summed E-state index contributed by atoms with van der Waals surface area (Å²) < 4.78 is 10.7. The molecule has 5 heteroatoms. The maximum absolute atomic E-state index is 12.1. The van der Waals surface area contributed by atoms with Crippen molar-refractivity contribution in [3.05, 3.63) is 29.8 Å². The van der Waals surface area contributed by atoms with E-state index < -0.39 is 11.7 Å². The third-order valence-corrected chi connectivity index (χ3v) is 4.04. The molecule has 2 atom stereocenters. The molecule has 0 aromatic heterocycles. The number of carbonyl (C=O) groups excluding carboxylic acids is 1. The van der Waals surface area contributed by atoms with Crippen molar-refractivity contribution < 1.29 is 19.4 Å². The Kier molecular flexibility index (Phi) is 5.52. The molecule has 1 N–H and O–H groups in total. The molecule has 1 aliphatic rings. The van der Waals surface area contributed by atoms with Gasteiger partial charge in [0.25, 0.3) is 0 Å². The normalized spacial score (nSPS) is 19.5. The summed E-state index contributed by atoms with van der Waals surface area (Å²) in [6, 6.07) is 7.70. The molecule has 0 spiro atoms. The van der Waals surface area contributed by atoms with Gasteiger partial charge in [-0.25, -0.2) is 4.79 Å². The van der Waals surface area contributed by atoms with E-state index in [0.29, 0.717) is 19.5 Å².